The zero-order valence-corrected chi connectivity index (χ0v) is 10.6. The summed E-state index contributed by atoms with van der Waals surface area (Å²) in [7, 11) is 4.17. The number of hydrogen-bond donors (Lipinski definition) is 0. The van der Waals surface area contributed by atoms with E-state index in [0.717, 1.165) is 19.5 Å². The third-order valence-corrected chi connectivity index (χ3v) is 2.20. The van der Waals surface area contributed by atoms with Crippen LogP contribution in [0.5, 0.6) is 0 Å². The molecule has 86 valence electrons. The predicted molar refractivity (Wildman–Crippen MR) is 63.9 cm³/mol. The monoisotopic (exact) mass is 209 g/mol. The van der Waals surface area contributed by atoms with Crippen molar-refractivity contribution < 1.29 is 0 Å². The second kappa shape index (κ2) is 4.79. The van der Waals surface area contributed by atoms with Gasteiger partial charge in [-0.05, 0) is 31.5 Å². The quantitative estimate of drug-likeness (QED) is 0.756. The van der Waals surface area contributed by atoms with Crippen molar-refractivity contribution in [1.29, 1.82) is 0 Å². The van der Waals surface area contributed by atoms with Gasteiger partial charge in [0.15, 0.2) is 0 Å². The highest BCUT2D eigenvalue weighted by Crippen LogP contribution is 2.19. The number of aromatic nitrogens is 2. The number of hydrogen-bond acceptors (Lipinski definition) is 2. The molecular weight excluding hydrogens is 186 g/mol. The van der Waals surface area contributed by atoms with E-state index in [2.05, 4.69) is 51.1 Å². The van der Waals surface area contributed by atoms with E-state index < -0.39 is 0 Å². The third-order valence-electron chi connectivity index (χ3n) is 2.20. The molecule has 0 aliphatic heterocycles. The Morgan fingerprint density at radius 1 is 1.33 bits per heavy atom. The Labute approximate surface area is 93.1 Å². The standard InChI is InChI=1S/C12H23N3/c1-12(2,3)8-11-9-13-15(10-11)7-6-14(4)5/h9-10H,6-8H2,1-5H3. The van der Waals surface area contributed by atoms with Crippen molar-refractivity contribution in [3.05, 3.63) is 18.0 Å². The lowest BCUT2D eigenvalue weighted by Gasteiger charge is -2.16. The van der Waals surface area contributed by atoms with Crippen LogP contribution in [-0.4, -0.2) is 35.3 Å². The first-order valence-corrected chi connectivity index (χ1v) is 5.53. The fourth-order valence-corrected chi connectivity index (χ4v) is 1.53. The van der Waals surface area contributed by atoms with E-state index in [-0.39, 0.29) is 0 Å². The molecule has 0 N–H and O–H groups in total. The molecule has 0 aliphatic carbocycles. The minimum Gasteiger partial charge on any atom is -0.308 e. The normalized spacial score (nSPS) is 12.4. The second-order valence-corrected chi connectivity index (χ2v) is 5.65. The Kier molecular flexibility index (Phi) is 3.91. The summed E-state index contributed by atoms with van der Waals surface area (Å²) in [5, 5.41) is 4.36. The van der Waals surface area contributed by atoms with Crippen LogP contribution in [0.4, 0.5) is 0 Å². The highest BCUT2D eigenvalue weighted by molar-refractivity contribution is 5.06. The molecule has 0 saturated carbocycles. The molecule has 0 saturated heterocycles. The third kappa shape index (κ3) is 4.98. The molecule has 0 aliphatic rings. The van der Waals surface area contributed by atoms with Gasteiger partial charge in [-0.2, -0.15) is 5.10 Å². The zero-order chi connectivity index (χ0) is 11.5. The molecule has 15 heavy (non-hydrogen) atoms. The van der Waals surface area contributed by atoms with Crippen molar-refractivity contribution >= 4 is 0 Å². The summed E-state index contributed by atoms with van der Waals surface area (Å²) in [4.78, 5) is 2.17. The van der Waals surface area contributed by atoms with Gasteiger partial charge in [-0.25, -0.2) is 0 Å². The van der Waals surface area contributed by atoms with Crippen molar-refractivity contribution in [2.24, 2.45) is 5.41 Å². The Bertz CT molecular complexity index is 294. The van der Waals surface area contributed by atoms with E-state index in [0.29, 0.717) is 5.41 Å². The zero-order valence-electron chi connectivity index (χ0n) is 10.6. The van der Waals surface area contributed by atoms with Crippen LogP contribution >= 0.6 is 0 Å². The lowest BCUT2D eigenvalue weighted by atomic mass is 9.89. The maximum Gasteiger partial charge on any atom is 0.0536 e. The Balaban J connectivity index is 2.49. The molecule has 0 atom stereocenters. The summed E-state index contributed by atoms with van der Waals surface area (Å²) < 4.78 is 2.03. The van der Waals surface area contributed by atoms with Gasteiger partial charge in [0.2, 0.25) is 0 Å². The summed E-state index contributed by atoms with van der Waals surface area (Å²) in [6.45, 7) is 8.77. The molecule has 1 aromatic heterocycles. The van der Waals surface area contributed by atoms with Gasteiger partial charge < -0.3 is 4.90 Å². The van der Waals surface area contributed by atoms with Crippen LogP contribution in [0.15, 0.2) is 12.4 Å². The van der Waals surface area contributed by atoms with Crippen molar-refractivity contribution in [3.8, 4) is 0 Å². The van der Waals surface area contributed by atoms with Gasteiger partial charge in [0.25, 0.3) is 0 Å². The summed E-state index contributed by atoms with van der Waals surface area (Å²) in [5.74, 6) is 0. The molecule has 0 fully saturated rings. The topological polar surface area (TPSA) is 21.1 Å². The van der Waals surface area contributed by atoms with E-state index in [1.54, 1.807) is 0 Å². The van der Waals surface area contributed by atoms with Crippen LogP contribution in [0, 0.1) is 5.41 Å². The van der Waals surface area contributed by atoms with Gasteiger partial charge in [-0.3, -0.25) is 4.68 Å². The van der Waals surface area contributed by atoms with Crippen molar-refractivity contribution in [2.45, 2.75) is 33.7 Å². The molecule has 0 spiro atoms. The molecule has 0 amide bonds. The van der Waals surface area contributed by atoms with Crippen LogP contribution in [0.3, 0.4) is 0 Å². The molecule has 1 rings (SSSR count). The molecular formula is C12H23N3. The van der Waals surface area contributed by atoms with Crippen molar-refractivity contribution in [2.75, 3.05) is 20.6 Å². The van der Waals surface area contributed by atoms with Gasteiger partial charge in [-0.15, -0.1) is 0 Å². The maximum absolute atomic E-state index is 4.36. The SMILES string of the molecule is CN(C)CCn1cc(CC(C)(C)C)cn1. The fourth-order valence-electron chi connectivity index (χ4n) is 1.53. The molecule has 0 radical (unpaired) electrons. The predicted octanol–water partition coefficient (Wildman–Crippen LogP) is 2.03. The summed E-state index contributed by atoms with van der Waals surface area (Å²) in [6.07, 6.45) is 5.24. The highest BCUT2D eigenvalue weighted by Gasteiger charge is 2.12. The average molecular weight is 209 g/mol. The van der Waals surface area contributed by atoms with Crippen LogP contribution in [0.25, 0.3) is 0 Å². The van der Waals surface area contributed by atoms with Gasteiger partial charge >= 0.3 is 0 Å². The Morgan fingerprint density at radius 3 is 2.53 bits per heavy atom. The van der Waals surface area contributed by atoms with E-state index >= 15 is 0 Å². The first-order valence-electron chi connectivity index (χ1n) is 5.53. The summed E-state index contributed by atoms with van der Waals surface area (Å²) >= 11 is 0. The molecule has 0 bridgehead atoms. The van der Waals surface area contributed by atoms with E-state index in [1.165, 1.54) is 5.56 Å². The minimum absolute atomic E-state index is 0.343. The highest BCUT2D eigenvalue weighted by atomic mass is 15.3. The van der Waals surface area contributed by atoms with Crippen LogP contribution < -0.4 is 0 Å². The first-order chi connectivity index (χ1) is 6.87. The van der Waals surface area contributed by atoms with Gasteiger partial charge in [0.05, 0.1) is 12.7 Å². The lowest BCUT2D eigenvalue weighted by molar-refractivity contribution is 0.372. The largest absolute Gasteiger partial charge is 0.308 e. The Hall–Kier alpha value is -0.830. The van der Waals surface area contributed by atoms with Crippen LogP contribution in [0.1, 0.15) is 26.3 Å². The Morgan fingerprint density at radius 2 is 2.00 bits per heavy atom. The van der Waals surface area contributed by atoms with Crippen LogP contribution in [0.2, 0.25) is 0 Å². The lowest BCUT2D eigenvalue weighted by Crippen LogP contribution is -2.18. The van der Waals surface area contributed by atoms with Gasteiger partial charge in [-0.1, -0.05) is 20.8 Å². The van der Waals surface area contributed by atoms with Gasteiger partial charge in [0, 0.05) is 12.7 Å². The second-order valence-electron chi connectivity index (χ2n) is 5.65. The molecule has 0 aromatic carbocycles. The molecule has 1 heterocycles. The maximum atomic E-state index is 4.36. The molecule has 1 aromatic rings. The van der Waals surface area contributed by atoms with Crippen molar-refractivity contribution in [3.63, 3.8) is 0 Å². The molecule has 3 nitrogen and oxygen atoms in total. The van der Waals surface area contributed by atoms with E-state index in [1.807, 2.05) is 10.9 Å². The van der Waals surface area contributed by atoms with E-state index in [4.69, 9.17) is 0 Å². The number of rotatable bonds is 4. The minimum atomic E-state index is 0.343. The summed E-state index contributed by atoms with van der Waals surface area (Å²) in [6, 6.07) is 0. The first kappa shape index (κ1) is 12.2. The summed E-state index contributed by atoms with van der Waals surface area (Å²) in [5.41, 5.74) is 1.68. The average Bonchev–Trinajstić information content (AvgIpc) is 2.45. The van der Waals surface area contributed by atoms with E-state index in [9.17, 15) is 0 Å². The van der Waals surface area contributed by atoms with Gasteiger partial charge in [0.1, 0.15) is 0 Å². The number of likely N-dealkylation sites (N-methyl/N-ethyl adjacent to an activating group) is 1. The fraction of sp³-hybridized carbons (Fsp3) is 0.750. The molecule has 3 heteroatoms. The number of nitrogens with zero attached hydrogens (tertiary/aromatic N) is 3. The van der Waals surface area contributed by atoms with Crippen molar-refractivity contribution in [1.82, 2.24) is 14.7 Å². The molecule has 0 unspecified atom stereocenters. The smallest absolute Gasteiger partial charge is 0.0536 e. The van der Waals surface area contributed by atoms with Crippen LogP contribution in [-0.2, 0) is 13.0 Å².